The molecule has 0 bridgehead atoms. The number of hydrogen-bond acceptors (Lipinski definition) is 6. The molecule has 0 atom stereocenters. The Labute approximate surface area is 157 Å². The standard InChI is InChI=1S/C20H21NO6/c1-24-15-6-4-5-14(11-15)7-10-20(23)27-13-19(22)21-17-12-16(25-2)8-9-18(17)26-3/h4-12H,13H2,1-3H3,(H,21,22)/b10-7+. The Hall–Kier alpha value is -3.48. The zero-order chi connectivity index (χ0) is 19.6. The maximum absolute atomic E-state index is 12.0. The van der Waals surface area contributed by atoms with Gasteiger partial charge in [0.2, 0.25) is 0 Å². The summed E-state index contributed by atoms with van der Waals surface area (Å²) in [7, 11) is 4.57. The van der Waals surface area contributed by atoms with Crippen molar-refractivity contribution in [1.82, 2.24) is 0 Å². The van der Waals surface area contributed by atoms with Crippen LogP contribution < -0.4 is 19.5 Å². The van der Waals surface area contributed by atoms with E-state index in [0.29, 0.717) is 22.9 Å². The van der Waals surface area contributed by atoms with Gasteiger partial charge in [-0.3, -0.25) is 4.79 Å². The zero-order valence-corrected chi connectivity index (χ0v) is 15.4. The first kappa shape index (κ1) is 19.8. The number of carbonyl (C=O) groups excluding carboxylic acids is 2. The largest absolute Gasteiger partial charge is 0.497 e. The van der Waals surface area contributed by atoms with Gasteiger partial charge in [0.25, 0.3) is 5.91 Å². The van der Waals surface area contributed by atoms with E-state index >= 15 is 0 Å². The molecule has 1 N–H and O–H groups in total. The molecule has 0 saturated carbocycles. The van der Waals surface area contributed by atoms with Gasteiger partial charge in [0.05, 0.1) is 27.0 Å². The van der Waals surface area contributed by atoms with Crippen LogP contribution in [-0.2, 0) is 14.3 Å². The number of rotatable bonds is 8. The number of esters is 1. The molecule has 0 aliphatic heterocycles. The summed E-state index contributed by atoms with van der Waals surface area (Å²) in [5, 5.41) is 2.62. The molecule has 0 saturated heterocycles. The Bertz CT molecular complexity index is 831. The zero-order valence-electron chi connectivity index (χ0n) is 15.4. The molecule has 0 radical (unpaired) electrons. The van der Waals surface area contributed by atoms with E-state index in [2.05, 4.69) is 5.32 Å². The van der Waals surface area contributed by atoms with Crippen molar-refractivity contribution in [3.63, 3.8) is 0 Å². The molecule has 0 spiro atoms. The van der Waals surface area contributed by atoms with Crippen LogP contribution >= 0.6 is 0 Å². The van der Waals surface area contributed by atoms with Crippen molar-refractivity contribution in [2.24, 2.45) is 0 Å². The Morgan fingerprint density at radius 2 is 1.70 bits per heavy atom. The van der Waals surface area contributed by atoms with Gasteiger partial charge in [-0.25, -0.2) is 4.79 Å². The van der Waals surface area contributed by atoms with Gasteiger partial charge in [0.15, 0.2) is 6.61 Å². The summed E-state index contributed by atoms with van der Waals surface area (Å²) in [5.74, 6) is 0.574. The van der Waals surface area contributed by atoms with Gasteiger partial charge < -0.3 is 24.3 Å². The van der Waals surface area contributed by atoms with Crippen LogP contribution in [-0.4, -0.2) is 39.8 Å². The third kappa shape index (κ3) is 6.07. The second-order valence-electron chi connectivity index (χ2n) is 5.33. The highest BCUT2D eigenvalue weighted by Crippen LogP contribution is 2.28. The number of nitrogens with one attached hydrogen (secondary N) is 1. The first-order valence-electron chi connectivity index (χ1n) is 8.06. The maximum atomic E-state index is 12.0. The van der Waals surface area contributed by atoms with Crippen molar-refractivity contribution >= 4 is 23.6 Å². The van der Waals surface area contributed by atoms with E-state index in [1.54, 1.807) is 49.6 Å². The molecule has 142 valence electrons. The molecule has 0 fully saturated rings. The molecule has 0 aliphatic rings. The second kappa shape index (κ2) is 9.86. The lowest BCUT2D eigenvalue weighted by Crippen LogP contribution is -2.20. The van der Waals surface area contributed by atoms with E-state index in [9.17, 15) is 9.59 Å². The fourth-order valence-electron chi connectivity index (χ4n) is 2.19. The van der Waals surface area contributed by atoms with Gasteiger partial charge in [-0.1, -0.05) is 12.1 Å². The Kier molecular flexibility index (Phi) is 7.25. The summed E-state index contributed by atoms with van der Waals surface area (Å²) in [4.78, 5) is 23.8. The van der Waals surface area contributed by atoms with E-state index in [1.807, 2.05) is 6.07 Å². The van der Waals surface area contributed by atoms with Gasteiger partial charge in [-0.2, -0.15) is 0 Å². The quantitative estimate of drug-likeness (QED) is 0.567. The fourth-order valence-corrected chi connectivity index (χ4v) is 2.19. The molecule has 2 aromatic carbocycles. The average Bonchev–Trinajstić information content (AvgIpc) is 2.70. The second-order valence-corrected chi connectivity index (χ2v) is 5.33. The van der Waals surface area contributed by atoms with Crippen molar-refractivity contribution < 1.29 is 28.5 Å². The van der Waals surface area contributed by atoms with Gasteiger partial charge >= 0.3 is 5.97 Å². The van der Waals surface area contributed by atoms with Crippen LogP contribution in [0.15, 0.2) is 48.5 Å². The Morgan fingerprint density at radius 1 is 0.963 bits per heavy atom. The number of ether oxygens (including phenoxy) is 4. The molecule has 0 heterocycles. The summed E-state index contributed by atoms with van der Waals surface area (Å²) < 4.78 is 20.3. The molecule has 0 unspecified atom stereocenters. The maximum Gasteiger partial charge on any atom is 0.331 e. The number of amides is 1. The van der Waals surface area contributed by atoms with Crippen LogP contribution in [0.2, 0.25) is 0 Å². The van der Waals surface area contributed by atoms with E-state index in [1.165, 1.54) is 20.3 Å². The van der Waals surface area contributed by atoms with Crippen LogP contribution in [0.25, 0.3) is 6.08 Å². The minimum absolute atomic E-state index is 0.421. The average molecular weight is 371 g/mol. The van der Waals surface area contributed by atoms with Crippen molar-refractivity contribution in [2.45, 2.75) is 0 Å². The van der Waals surface area contributed by atoms with Crippen molar-refractivity contribution in [2.75, 3.05) is 33.3 Å². The minimum atomic E-state index is -0.634. The molecule has 7 nitrogen and oxygen atoms in total. The number of hydrogen-bond donors (Lipinski definition) is 1. The summed E-state index contributed by atoms with van der Waals surface area (Å²) in [6.45, 7) is -0.429. The van der Waals surface area contributed by atoms with Gasteiger partial charge in [-0.05, 0) is 35.9 Å². The first-order chi connectivity index (χ1) is 13.0. The lowest BCUT2D eigenvalue weighted by atomic mass is 10.2. The van der Waals surface area contributed by atoms with Crippen LogP contribution in [0.3, 0.4) is 0 Å². The Morgan fingerprint density at radius 3 is 2.41 bits per heavy atom. The molecule has 27 heavy (non-hydrogen) atoms. The molecule has 2 rings (SSSR count). The highest BCUT2D eigenvalue weighted by atomic mass is 16.5. The molecule has 7 heteroatoms. The fraction of sp³-hybridized carbons (Fsp3) is 0.200. The van der Waals surface area contributed by atoms with E-state index in [-0.39, 0.29) is 0 Å². The van der Waals surface area contributed by atoms with Gasteiger partial charge in [-0.15, -0.1) is 0 Å². The van der Waals surface area contributed by atoms with Crippen LogP contribution in [0.1, 0.15) is 5.56 Å². The van der Waals surface area contributed by atoms with E-state index in [0.717, 1.165) is 5.56 Å². The molecular formula is C20H21NO6. The number of anilines is 1. The molecule has 1 amide bonds. The summed E-state index contributed by atoms with van der Waals surface area (Å²) in [5.41, 5.74) is 1.20. The SMILES string of the molecule is COc1cccc(/C=C/C(=O)OCC(=O)Nc2cc(OC)ccc2OC)c1. The third-order valence-corrected chi connectivity index (χ3v) is 3.53. The van der Waals surface area contributed by atoms with Gasteiger partial charge in [0.1, 0.15) is 17.2 Å². The molecule has 0 aliphatic carbocycles. The lowest BCUT2D eigenvalue weighted by molar-refractivity contribution is -0.142. The van der Waals surface area contributed by atoms with Crippen molar-refractivity contribution in [3.8, 4) is 17.2 Å². The number of benzene rings is 2. The molecule has 2 aromatic rings. The third-order valence-electron chi connectivity index (χ3n) is 3.53. The number of methoxy groups -OCH3 is 3. The Balaban J connectivity index is 1.89. The van der Waals surface area contributed by atoms with E-state index in [4.69, 9.17) is 18.9 Å². The molecular weight excluding hydrogens is 350 g/mol. The smallest absolute Gasteiger partial charge is 0.331 e. The highest BCUT2D eigenvalue weighted by Gasteiger charge is 2.10. The predicted octanol–water partition coefficient (Wildman–Crippen LogP) is 2.91. The summed E-state index contributed by atoms with van der Waals surface area (Å²) >= 11 is 0. The highest BCUT2D eigenvalue weighted by molar-refractivity contribution is 5.95. The monoisotopic (exact) mass is 371 g/mol. The van der Waals surface area contributed by atoms with Crippen LogP contribution in [0.5, 0.6) is 17.2 Å². The molecule has 0 aromatic heterocycles. The van der Waals surface area contributed by atoms with Crippen LogP contribution in [0.4, 0.5) is 5.69 Å². The predicted molar refractivity (Wildman–Crippen MR) is 101 cm³/mol. The van der Waals surface area contributed by atoms with E-state index < -0.39 is 18.5 Å². The van der Waals surface area contributed by atoms with Crippen molar-refractivity contribution in [1.29, 1.82) is 0 Å². The first-order valence-corrected chi connectivity index (χ1v) is 8.06. The number of carbonyl (C=O) groups is 2. The topological polar surface area (TPSA) is 83.1 Å². The van der Waals surface area contributed by atoms with Crippen LogP contribution in [0, 0.1) is 0 Å². The van der Waals surface area contributed by atoms with Gasteiger partial charge in [0, 0.05) is 12.1 Å². The normalized spacial score (nSPS) is 10.3. The van der Waals surface area contributed by atoms with Crippen molar-refractivity contribution in [3.05, 3.63) is 54.1 Å². The lowest BCUT2D eigenvalue weighted by Gasteiger charge is -2.11. The minimum Gasteiger partial charge on any atom is -0.497 e. The summed E-state index contributed by atoms with van der Waals surface area (Å²) in [6, 6.07) is 12.2. The summed E-state index contributed by atoms with van der Waals surface area (Å²) in [6.07, 6.45) is 2.82.